The summed E-state index contributed by atoms with van der Waals surface area (Å²) in [6.45, 7) is 1.91. The lowest BCUT2D eigenvalue weighted by Crippen LogP contribution is -2.15. The number of carbonyl (C=O) groups is 1. The number of carboxylic acid groups (broad SMARTS) is 1. The summed E-state index contributed by atoms with van der Waals surface area (Å²) in [5.74, 6) is -1.02. The molecule has 0 aliphatic carbocycles. The fraction of sp³-hybridized carbons (Fsp3) is 0.0667. The third kappa shape index (κ3) is 2.17. The molecule has 0 unspecified atom stereocenters. The van der Waals surface area contributed by atoms with E-state index in [4.69, 9.17) is 5.11 Å². The van der Waals surface area contributed by atoms with Crippen molar-refractivity contribution in [1.29, 1.82) is 0 Å². The molecule has 0 bridgehead atoms. The van der Waals surface area contributed by atoms with Gasteiger partial charge in [-0.3, -0.25) is 4.57 Å². The number of imidazole rings is 1. The van der Waals surface area contributed by atoms with Crippen molar-refractivity contribution in [2.75, 3.05) is 0 Å². The van der Waals surface area contributed by atoms with E-state index in [0.717, 1.165) is 15.7 Å². The largest absolute Gasteiger partial charge is 0.478 e. The molecule has 21 heavy (non-hydrogen) atoms. The summed E-state index contributed by atoms with van der Waals surface area (Å²) in [6.07, 6.45) is 0. The minimum atomic E-state index is -1.02. The number of benzene rings is 2. The fourth-order valence-corrected chi connectivity index (χ4v) is 2.68. The van der Waals surface area contributed by atoms with E-state index in [1.54, 1.807) is 10.6 Å². The second-order valence-corrected chi connectivity index (χ2v) is 5.54. The number of H-pyrrole nitrogens is 1. The van der Waals surface area contributed by atoms with Gasteiger partial charge in [-0.2, -0.15) is 0 Å². The number of hydrogen-bond acceptors (Lipinski definition) is 2. The van der Waals surface area contributed by atoms with Crippen LogP contribution in [0.4, 0.5) is 0 Å². The molecule has 2 N–H and O–H groups in total. The number of carboxylic acids is 1. The molecule has 5 nitrogen and oxygen atoms in total. The Morgan fingerprint density at radius 1 is 1.29 bits per heavy atom. The fourth-order valence-electron chi connectivity index (χ4n) is 2.32. The molecule has 6 heteroatoms. The van der Waals surface area contributed by atoms with E-state index >= 15 is 0 Å². The molecular weight excluding hydrogens is 336 g/mol. The Balaban J connectivity index is 2.33. The summed E-state index contributed by atoms with van der Waals surface area (Å²) in [5, 5.41) is 9.01. The number of nitrogens with zero attached hydrogens (tertiary/aromatic N) is 1. The van der Waals surface area contributed by atoms with Crippen LogP contribution in [0, 0.1) is 6.92 Å². The smallest absolute Gasteiger partial charge is 0.335 e. The molecule has 0 aliphatic heterocycles. The Kier molecular flexibility index (Phi) is 3.17. The van der Waals surface area contributed by atoms with Crippen LogP contribution in [-0.4, -0.2) is 20.6 Å². The maximum Gasteiger partial charge on any atom is 0.335 e. The third-order valence-corrected chi connectivity index (χ3v) is 4.27. The van der Waals surface area contributed by atoms with Gasteiger partial charge < -0.3 is 10.1 Å². The average molecular weight is 347 g/mol. The summed E-state index contributed by atoms with van der Waals surface area (Å²) < 4.78 is 2.45. The third-order valence-electron chi connectivity index (χ3n) is 3.41. The standard InChI is InChI=1S/C15H11BrN2O3/c1-8-10(16)3-2-4-12(8)18-13-6-5-9(14(19)20)7-11(13)17-15(18)21/h2-7H,1H3,(H,17,21)(H,19,20). The molecule has 2 aromatic carbocycles. The molecular formula is C15H11BrN2O3. The molecule has 0 saturated heterocycles. The second-order valence-electron chi connectivity index (χ2n) is 4.69. The van der Waals surface area contributed by atoms with E-state index in [1.165, 1.54) is 12.1 Å². The quantitative estimate of drug-likeness (QED) is 0.748. The van der Waals surface area contributed by atoms with Gasteiger partial charge in [0.15, 0.2) is 0 Å². The average Bonchev–Trinajstić information content (AvgIpc) is 2.77. The number of fused-ring (bicyclic) bond motifs is 1. The minimum absolute atomic E-state index is 0.141. The van der Waals surface area contributed by atoms with Gasteiger partial charge in [-0.1, -0.05) is 22.0 Å². The highest BCUT2D eigenvalue weighted by Gasteiger charge is 2.13. The van der Waals surface area contributed by atoms with Gasteiger partial charge >= 0.3 is 11.7 Å². The van der Waals surface area contributed by atoms with Crippen LogP contribution in [0.3, 0.4) is 0 Å². The van der Waals surface area contributed by atoms with E-state index < -0.39 is 5.97 Å². The lowest BCUT2D eigenvalue weighted by atomic mass is 10.1. The van der Waals surface area contributed by atoms with Crippen LogP contribution in [0.25, 0.3) is 16.7 Å². The highest BCUT2D eigenvalue weighted by molar-refractivity contribution is 9.10. The van der Waals surface area contributed by atoms with Crippen molar-refractivity contribution < 1.29 is 9.90 Å². The van der Waals surface area contributed by atoms with E-state index in [-0.39, 0.29) is 11.3 Å². The summed E-state index contributed by atoms with van der Waals surface area (Å²) >= 11 is 3.45. The van der Waals surface area contributed by atoms with Crippen molar-refractivity contribution in [1.82, 2.24) is 9.55 Å². The van der Waals surface area contributed by atoms with Crippen LogP contribution in [0.1, 0.15) is 15.9 Å². The van der Waals surface area contributed by atoms with Crippen LogP contribution in [0.15, 0.2) is 45.7 Å². The van der Waals surface area contributed by atoms with Gasteiger partial charge in [-0.15, -0.1) is 0 Å². The molecule has 3 rings (SSSR count). The lowest BCUT2D eigenvalue weighted by molar-refractivity contribution is 0.0697. The molecule has 3 aromatic rings. The van der Waals surface area contributed by atoms with E-state index in [9.17, 15) is 9.59 Å². The Bertz CT molecular complexity index is 924. The summed E-state index contributed by atoms with van der Waals surface area (Å²) in [7, 11) is 0. The van der Waals surface area contributed by atoms with Crippen LogP contribution in [-0.2, 0) is 0 Å². The molecule has 1 heterocycles. The highest BCUT2D eigenvalue weighted by atomic mass is 79.9. The lowest BCUT2D eigenvalue weighted by Gasteiger charge is -2.08. The Hall–Kier alpha value is -2.34. The van der Waals surface area contributed by atoms with Crippen LogP contribution < -0.4 is 5.69 Å². The number of aromatic nitrogens is 2. The SMILES string of the molecule is Cc1c(Br)cccc1-n1c(=O)[nH]c2cc(C(=O)O)ccc21. The van der Waals surface area contributed by atoms with Crippen LogP contribution in [0.2, 0.25) is 0 Å². The van der Waals surface area contributed by atoms with Crippen molar-refractivity contribution in [2.24, 2.45) is 0 Å². The highest BCUT2D eigenvalue weighted by Crippen LogP contribution is 2.24. The molecule has 0 radical (unpaired) electrons. The van der Waals surface area contributed by atoms with Gasteiger partial charge in [-0.25, -0.2) is 9.59 Å². The molecule has 1 aromatic heterocycles. The monoisotopic (exact) mass is 346 g/mol. The number of aromatic carboxylic acids is 1. The zero-order valence-electron chi connectivity index (χ0n) is 11.1. The van der Waals surface area contributed by atoms with Gasteiger partial charge in [-0.05, 0) is 42.8 Å². The van der Waals surface area contributed by atoms with Crippen molar-refractivity contribution in [3.05, 3.63) is 62.5 Å². The van der Waals surface area contributed by atoms with Crippen molar-refractivity contribution >= 4 is 32.9 Å². The Labute approximate surface area is 128 Å². The number of rotatable bonds is 2. The number of halogens is 1. The molecule has 0 spiro atoms. The van der Waals surface area contributed by atoms with Crippen molar-refractivity contribution in [2.45, 2.75) is 6.92 Å². The molecule has 0 fully saturated rings. The molecule has 0 amide bonds. The summed E-state index contributed by atoms with van der Waals surface area (Å²) in [6, 6.07) is 10.2. The zero-order valence-corrected chi connectivity index (χ0v) is 12.6. The van der Waals surface area contributed by atoms with E-state index in [0.29, 0.717) is 11.0 Å². The Morgan fingerprint density at radius 3 is 2.76 bits per heavy atom. The predicted octanol–water partition coefficient (Wildman–Crippen LogP) is 3.09. The first-order chi connectivity index (χ1) is 9.99. The van der Waals surface area contributed by atoms with E-state index in [1.807, 2.05) is 25.1 Å². The Morgan fingerprint density at radius 2 is 2.05 bits per heavy atom. The predicted molar refractivity (Wildman–Crippen MR) is 83.3 cm³/mol. The number of hydrogen-bond donors (Lipinski definition) is 2. The van der Waals surface area contributed by atoms with Crippen LogP contribution in [0.5, 0.6) is 0 Å². The summed E-state index contributed by atoms with van der Waals surface area (Å²) in [4.78, 5) is 25.9. The van der Waals surface area contributed by atoms with Crippen molar-refractivity contribution in [3.8, 4) is 5.69 Å². The molecule has 0 saturated carbocycles. The molecule has 0 aliphatic rings. The first-order valence-electron chi connectivity index (χ1n) is 6.22. The van der Waals surface area contributed by atoms with Gasteiger partial charge in [0.25, 0.3) is 0 Å². The normalized spacial score (nSPS) is 11.0. The van der Waals surface area contributed by atoms with Crippen molar-refractivity contribution in [3.63, 3.8) is 0 Å². The molecule has 0 atom stereocenters. The van der Waals surface area contributed by atoms with Gasteiger partial charge in [0.2, 0.25) is 0 Å². The van der Waals surface area contributed by atoms with Gasteiger partial charge in [0.05, 0.1) is 22.3 Å². The first kappa shape index (κ1) is 13.6. The summed E-state index contributed by atoms with van der Waals surface area (Å²) in [5.41, 5.74) is 2.67. The van der Waals surface area contributed by atoms with Gasteiger partial charge in [0.1, 0.15) is 0 Å². The number of nitrogens with one attached hydrogen (secondary N) is 1. The molecule has 106 valence electrons. The second kappa shape index (κ2) is 4.89. The minimum Gasteiger partial charge on any atom is -0.478 e. The maximum atomic E-state index is 12.2. The first-order valence-corrected chi connectivity index (χ1v) is 7.02. The zero-order chi connectivity index (χ0) is 15.1. The van der Waals surface area contributed by atoms with Crippen LogP contribution >= 0.6 is 15.9 Å². The van der Waals surface area contributed by atoms with Gasteiger partial charge in [0, 0.05) is 4.47 Å². The van der Waals surface area contributed by atoms with E-state index in [2.05, 4.69) is 20.9 Å². The maximum absolute atomic E-state index is 12.2. The topological polar surface area (TPSA) is 75.1 Å². The number of aromatic amines is 1.